The molecule has 0 spiro atoms. The Morgan fingerprint density at radius 1 is 1.38 bits per heavy atom. The minimum absolute atomic E-state index is 0.0804. The van der Waals surface area contributed by atoms with E-state index in [9.17, 15) is 4.79 Å². The van der Waals surface area contributed by atoms with E-state index >= 15 is 0 Å². The summed E-state index contributed by atoms with van der Waals surface area (Å²) in [5, 5.41) is 6.08. The molecule has 2 aromatic rings. The summed E-state index contributed by atoms with van der Waals surface area (Å²) >= 11 is 1.67. The predicted octanol–water partition coefficient (Wildman–Crippen LogP) is 2.28. The van der Waals surface area contributed by atoms with Crippen molar-refractivity contribution in [3.8, 4) is 0 Å². The molecule has 0 atom stereocenters. The molecular formula is C15H20N4OS. The number of amides is 1. The van der Waals surface area contributed by atoms with E-state index in [0.717, 1.165) is 29.4 Å². The maximum Gasteiger partial charge on any atom is 0.252 e. The minimum Gasteiger partial charge on any atom is -0.363 e. The van der Waals surface area contributed by atoms with E-state index in [4.69, 9.17) is 0 Å². The van der Waals surface area contributed by atoms with Crippen LogP contribution in [0, 0.1) is 6.92 Å². The monoisotopic (exact) mass is 304 g/mol. The molecule has 1 amide bonds. The summed E-state index contributed by atoms with van der Waals surface area (Å²) in [7, 11) is 3.84. The summed E-state index contributed by atoms with van der Waals surface area (Å²) in [5.41, 5.74) is 1.65. The van der Waals surface area contributed by atoms with Gasteiger partial charge >= 0.3 is 0 Å². The molecule has 2 aromatic heterocycles. The van der Waals surface area contributed by atoms with E-state index < -0.39 is 0 Å². The first-order chi connectivity index (χ1) is 10.1. The number of carbonyl (C=O) groups is 1. The van der Waals surface area contributed by atoms with Crippen LogP contribution in [-0.4, -0.2) is 36.5 Å². The summed E-state index contributed by atoms with van der Waals surface area (Å²) in [6.07, 6.45) is 3.40. The molecule has 0 unspecified atom stereocenters. The number of rotatable bonds is 6. The number of anilines is 1. The van der Waals surface area contributed by atoms with Gasteiger partial charge in [0.2, 0.25) is 0 Å². The molecule has 0 aliphatic heterocycles. The van der Waals surface area contributed by atoms with Gasteiger partial charge in [-0.15, -0.1) is 11.3 Å². The molecule has 21 heavy (non-hydrogen) atoms. The number of aromatic nitrogens is 2. The lowest BCUT2D eigenvalue weighted by atomic mass is 10.2. The quantitative estimate of drug-likeness (QED) is 0.832. The Balaban J connectivity index is 1.76. The fraction of sp³-hybridized carbons (Fsp3) is 0.400. The summed E-state index contributed by atoms with van der Waals surface area (Å²) in [5.74, 6) is 0.758. The first-order valence-corrected chi connectivity index (χ1v) is 7.77. The number of nitrogens with one attached hydrogen (secondary N) is 1. The van der Waals surface area contributed by atoms with Crippen molar-refractivity contribution in [2.45, 2.75) is 19.8 Å². The van der Waals surface area contributed by atoms with E-state index in [1.807, 2.05) is 37.4 Å². The molecule has 0 saturated carbocycles. The summed E-state index contributed by atoms with van der Waals surface area (Å²) in [6.45, 7) is 2.64. The van der Waals surface area contributed by atoms with Crippen LogP contribution in [0.15, 0.2) is 23.7 Å². The van der Waals surface area contributed by atoms with Crippen LogP contribution in [0.5, 0.6) is 0 Å². The SMILES string of the molecule is Cc1csc(CCCNC(=O)c2ccc(N(C)C)nc2)n1. The van der Waals surface area contributed by atoms with Crippen molar-refractivity contribution in [3.63, 3.8) is 0 Å². The molecule has 1 N–H and O–H groups in total. The van der Waals surface area contributed by atoms with Crippen LogP contribution in [0.25, 0.3) is 0 Å². The topological polar surface area (TPSA) is 58.1 Å². The highest BCUT2D eigenvalue weighted by Crippen LogP contribution is 2.10. The van der Waals surface area contributed by atoms with Gasteiger partial charge in [-0.1, -0.05) is 0 Å². The number of nitrogens with zero attached hydrogens (tertiary/aromatic N) is 3. The second-order valence-electron chi connectivity index (χ2n) is 5.04. The second kappa shape index (κ2) is 7.17. The van der Waals surface area contributed by atoms with Gasteiger partial charge in [0.1, 0.15) is 5.82 Å². The lowest BCUT2D eigenvalue weighted by Crippen LogP contribution is -2.25. The molecule has 0 aromatic carbocycles. The molecular weight excluding hydrogens is 284 g/mol. The minimum atomic E-state index is -0.0804. The van der Waals surface area contributed by atoms with Gasteiger partial charge in [-0.3, -0.25) is 4.79 Å². The van der Waals surface area contributed by atoms with Crippen molar-refractivity contribution in [1.82, 2.24) is 15.3 Å². The van der Waals surface area contributed by atoms with E-state index in [0.29, 0.717) is 12.1 Å². The fourth-order valence-electron chi connectivity index (χ4n) is 1.85. The van der Waals surface area contributed by atoms with E-state index in [1.165, 1.54) is 0 Å². The lowest BCUT2D eigenvalue weighted by molar-refractivity contribution is 0.0953. The van der Waals surface area contributed by atoms with Crippen molar-refractivity contribution in [3.05, 3.63) is 40.0 Å². The normalized spacial score (nSPS) is 10.4. The Morgan fingerprint density at radius 2 is 2.19 bits per heavy atom. The van der Waals surface area contributed by atoms with Crippen molar-refractivity contribution in [2.24, 2.45) is 0 Å². The Hall–Kier alpha value is -1.95. The highest BCUT2D eigenvalue weighted by atomic mass is 32.1. The number of hydrogen-bond acceptors (Lipinski definition) is 5. The van der Waals surface area contributed by atoms with Gasteiger partial charge in [0.25, 0.3) is 5.91 Å². The highest BCUT2D eigenvalue weighted by molar-refractivity contribution is 7.09. The highest BCUT2D eigenvalue weighted by Gasteiger charge is 2.06. The maximum absolute atomic E-state index is 12.0. The van der Waals surface area contributed by atoms with Crippen LogP contribution >= 0.6 is 11.3 Å². The Kier molecular flexibility index (Phi) is 5.27. The molecule has 112 valence electrons. The summed E-state index contributed by atoms with van der Waals surface area (Å²) < 4.78 is 0. The van der Waals surface area contributed by atoms with Gasteiger partial charge in [-0.05, 0) is 25.5 Å². The van der Waals surface area contributed by atoms with Gasteiger partial charge < -0.3 is 10.2 Å². The molecule has 0 aliphatic rings. The summed E-state index contributed by atoms with van der Waals surface area (Å²) in [6, 6.07) is 3.63. The zero-order valence-electron chi connectivity index (χ0n) is 12.6. The molecule has 0 saturated heterocycles. The van der Waals surface area contributed by atoms with Crippen molar-refractivity contribution >= 4 is 23.1 Å². The molecule has 5 nitrogen and oxygen atoms in total. The average Bonchev–Trinajstić information content (AvgIpc) is 2.89. The van der Waals surface area contributed by atoms with Crippen molar-refractivity contribution in [1.29, 1.82) is 0 Å². The first kappa shape index (κ1) is 15.4. The molecule has 2 rings (SSSR count). The van der Waals surface area contributed by atoms with Gasteiger partial charge in [0.15, 0.2) is 0 Å². The maximum atomic E-state index is 12.0. The Labute approximate surface area is 129 Å². The van der Waals surface area contributed by atoms with Gasteiger partial charge in [0, 0.05) is 44.3 Å². The summed E-state index contributed by atoms with van der Waals surface area (Å²) in [4.78, 5) is 22.5. The van der Waals surface area contributed by atoms with Gasteiger partial charge in [0.05, 0.1) is 10.6 Å². The number of carbonyl (C=O) groups excluding carboxylic acids is 1. The third-order valence-corrected chi connectivity index (χ3v) is 4.01. The van der Waals surface area contributed by atoms with Crippen LogP contribution in [0.3, 0.4) is 0 Å². The second-order valence-corrected chi connectivity index (χ2v) is 5.98. The van der Waals surface area contributed by atoms with Crippen LogP contribution in [-0.2, 0) is 6.42 Å². The Bertz CT molecular complexity index is 592. The zero-order chi connectivity index (χ0) is 15.2. The number of hydrogen-bond donors (Lipinski definition) is 1. The molecule has 0 radical (unpaired) electrons. The van der Waals surface area contributed by atoms with E-state index in [1.54, 1.807) is 23.6 Å². The van der Waals surface area contributed by atoms with Gasteiger partial charge in [-0.25, -0.2) is 9.97 Å². The third-order valence-electron chi connectivity index (χ3n) is 2.99. The van der Waals surface area contributed by atoms with E-state index in [2.05, 4.69) is 15.3 Å². The van der Waals surface area contributed by atoms with Gasteiger partial charge in [-0.2, -0.15) is 0 Å². The standard InChI is InChI=1S/C15H20N4OS/c1-11-10-21-14(18-11)5-4-8-16-15(20)12-6-7-13(17-9-12)19(2)3/h6-7,9-10H,4-5,8H2,1-3H3,(H,16,20). The third kappa shape index (κ3) is 4.53. The molecule has 0 fully saturated rings. The Morgan fingerprint density at radius 3 is 2.76 bits per heavy atom. The molecule has 0 bridgehead atoms. The van der Waals surface area contributed by atoms with Crippen LogP contribution < -0.4 is 10.2 Å². The largest absolute Gasteiger partial charge is 0.363 e. The molecule has 0 aliphatic carbocycles. The zero-order valence-corrected chi connectivity index (χ0v) is 13.4. The smallest absolute Gasteiger partial charge is 0.252 e. The van der Waals surface area contributed by atoms with Crippen LogP contribution in [0.4, 0.5) is 5.82 Å². The lowest BCUT2D eigenvalue weighted by Gasteiger charge is -2.11. The average molecular weight is 304 g/mol. The van der Waals surface area contributed by atoms with Crippen molar-refractivity contribution < 1.29 is 4.79 Å². The van der Waals surface area contributed by atoms with Crippen molar-refractivity contribution in [2.75, 3.05) is 25.5 Å². The first-order valence-electron chi connectivity index (χ1n) is 6.89. The van der Waals surface area contributed by atoms with Crippen LogP contribution in [0.2, 0.25) is 0 Å². The molecule has 6 heteroatoms. The molecule has 2 heterocycles. The van der Waals surface area contributed by atoms with E-state index in [-0.39, 0.29) is 5.91 Å². The number of thiazole rings is 1. The van der Waals surface area contributed by atoms with Crippen LogP contribution in [0.1, 0.15) is 27.5 Å². The fourth-order valence-corrected chi connectivity index (χ4v) is 2.66. The number of aryl methyl sites for hydroxylation is 2. The number of pyridine rings is 1. The predicted molar refractivity (Wildman–Crippen MR) is 86.1 cm³/mol.